The Balaban J connectivity index is 1.66. The molecular formula is C16H10F2N4O4. The van der Waals surface area contributed by atoms with Crippen LogP contribution in [0.5, 0.6) is 0 Å². The highest BCUT2D eigenvalue weighted by Crippen LogP contribution is 2.23. The van der Waals surface area contributed by atoms with Gasteiger partial charge in [0, 0.05) is 18.2 Å². The number of anilines is 1. The first-order valence-corrected chi connectivity index (χ1v) is 7.24. The molecule has 0 bridgehead atoms. The van der Waals surface area contributed by atoms with E-state index in [0.29, 0.717) is 11.6 Å². The van der Waals surface area contributed by atoms with Crippen molar-refractivity contribution in [1.29, 1.82) is 0 Å². The number of carbonyl (C=O) groups is 1. The monoisotopic (exact) mass is 360 g/mol. The van der Waals surface area contributed by atoms with Crippen LogP contribution in [0.1, 0.15) is 5.56 Å². The fraction of sp³-hybridized carbons (Fsp3) is 0.0625. The summed E-state index contributed by atoms with van der Waals surface area (Å²) < 4.78 is 31.7. The Hall–Kier alpha value is -3.69. The zero-order valence-electron chi connectivity index (χ0n) is 13.0. The molecule has 1 amide bonds. The molecule has 0 unspecified atom stereocenters. The number of aromatic nitrogens is 2. The molecule has 2 aromatic carbocycles. The van der Waals surface area contributed by atoms with Crippen LogP contribution in [0.15, 0.2) is 46.9 Å². The SMILES string of the molecule is O=C(Cc1ccc([N+](=O)[O-])cc1)Nc1nnc(-c2ccc(F)cc2F)o1. The average molecular weight is 360 g/mol. The van der Waals surface area contributed by atoms with E-state index in [-0.39, 0.29) is 29.6 Å². The number of halogens is 2. The van der Waals surface area contributed by atoms with Crippen molar-refractivity contribution in [3.63, 3.8) is 0 Å². The van der Waals surface area contributed by atoms with Gasteiger partial charge < -0.3 is 4.42 Å². The van der Waals surface area contributed by atoms with E-state index in [0.717, 1.165) is 12.1 Å². The van der Waals surface area contributed by atoms with E-state index in [1.807, 2.05) is 0 Å². The number of nitrogens with zero attached hydrogens (tertiary/aromatic N) is 3. The molecule has 132 valence electrons. The van der Waals surface area contributed by atoms with Crippen molar-refractivity contribution in [2.75, 3.05) is 5.32 Å². The average Bonchev–Trinajstić information content (AvgIpc) is 3.03. The highest BCUT2D eigenvalue weighted by molar-refractivity contribution is 5.90. The molecule has 3 rings (SSSR count). The van der Waals surface area contributed by atoms with Crippen LogP contribution in [0, 0.1) is 21.7 Å². The molecule has 0 aliphatic heterocycles. The van der Waals surface area contributed by atoms with Gasteiger partial charge in [0.05, 0.1) is 16.9 Å². The van der Waals surface area contributed by atoms with E-state index in [2.05, 4.69) is 15.5 Å². The van der Waals surface area contributed by atoms with Gasteiger partial charge in [-0.1, -0.05) is 17.2 Å². The molecule has 0 fully saturated rings. The van der Waals surface area contributed by atoms with Crippen LogP contribution in [0.3, 0.4) is 0 Å². The fourth-order valence-corrected chi connectivity index (χ4v) is 2.13. The van der Waals surface area contributed by atoms with Gasteiger partial charge in [0.15, 0.2) is 0 Å². The topological polar surface area (TPSA) is 111 Å². The zero-order valence-corrected chi connectivity index (χ0v) is 13.0. The van der Waals surface area contributed by atoms with Crippen molar-refractivity contribution in [3.05, 3.63) is 69.8 Å². The molecule has 1 heterocycles. The number of amides is 1. The third-order valence-electron chi connectivity index (χ3n) is 3.34. The first-order valence-electron chi connectivity index (χ1n) is 7.24. The van der Waals surface area contributed by atoms with Crippen LogP contribution in [0.4, 0.5) is 20.5 Å². The third-order valence-corrected chi connectivity index (χ3v) is 3.34. The second kappa shape index (κ2) is 7.05. The van der Waals surface area contributed by atoms with Gasteiger partial charge in [-0.15, -0.1) is 5.10 Å². The smallest absolute Gasteiger partial charge is 0.322 e. The van der Waals surface area contributed by atoms with Gasteiger partial charge in [-0.25, -0.2) is 8.78 Å². The maximum absolute atomic E-state index is 13.7. The molecule has 0 aliphatic carbocycles. The molecule has 1 N–H and O–H groups in total. The lowest BCUT2D eigenvalue weighted by atomic mass is 10.1. The highest BCUT2D eigenvalue weighted by Gasteiger charge is 2.15. The van der Waals surface area contributed by atoms with Crippen molar-refractivity contribution < 1.29 is 22.9 Å². The van der Waals surface area contributed by atoms with Gasteiger partial charge >= 0.3 is 6.01 Å². The molecule has 0 spiro atoms. The largest absolute Gasteiger partial charge is 0.403 e. The predicted octanol–water partition coefficient (Wildman–Crippen LogP) is 3.10. The quantitative estimate of drug-likeness (QED) is 0.553. The number of rotatable bonds is 5. The lowest BCUT2D eigenvalue weighted by Gasteiger charge is -2.01. The van der Waals surface area contributed by atoms with E-state index in [4.69, 9.17) is 4.42 Å². The van der Waals surface area contributed by atoms with Crippen molar-refractivity contribution in [1.82, 2.24) is 10.2 Å². The summed E-state index contributed by atoms with van der Waals surface area (Å²) in [5.41, 5.74) is 0.351. The van der Waals surface area contributed by atoms with E-state index < -0.39 is 22.5 Å². The van der Waals surface area contributed by atoms with Crippen molar-refractivity contribution in [3.8, 4) is 11.5 Å². The third kappa shape index (κ3) is 3.86. The number of benzene rings is 2. The minimum Gasteiger partial charge on any atom is -0.403 e. The predicted molar refractivity (Wildman–Crippen MR) is 85.1 cm³/mol. The van der Waals surface area contributed by atoms with Crippen molar-refractivity contribution in [2.24, 2.45) is 0 Å². The first kappa shape index (κ1) is 17.1. The molecule has 8 nitrogen and oxygen atoms in total. The number of nitro groups is 1. The number of nitrogens with one attached hydrogen (secondary N) is 1. The Morgan fingerprint density at radius 2 is 1.88 bits per heavy atom. The van der Waals surface area contributed by atoms with Crippen molar-refractivity contribution in [2.45, 2.75) is 6.42 Å². The normalized spacial score (nSPS) is 10.5. The molecular weight excluding hydrogens is 350 g/mol. The van der Waals surface area contributed by atoms with E-state index in [1.165, 1.54) is 24.3 Å². The maximum atomic E-state index is 13.7. The van der Waals surface area contributed by atoms with E-state index in [9.17, 15) is 23.7 Å². The van der Waals surface area contributed by atoms with Crippen LogP contribution >= 0.6 is 0 Å². The number of carbonyl (C=O) groups excluding carboxylic acids is 1. The highest BCUT2D eigenvalue weighted by atomic mass is 19.1. The van der Waals surface area contributed by atoms with Crippen LogP contribution in [0.2, 0.25) is 0 Å². The summed E-state index contributed by atoms with van der Waals surface area (Å²) in [4.78, 5) is 22.0. The van der Waals surface area contributed by atoms with Crippen LogP contribution in [-0.2, 0) is 11.2 Å². The Morgan fingerprint density at radius 1 is 1.15 bits per heavy atom. The van der Waals surface area contributed by atoms with Crippen LogP contribution in [0.25, 0.3) is 11.5 Å². The fourth-order valence-electron chi connectivity index (χ4n) is 2.13. The summed E-state index contributed by atoms with van der Waals surface area (Å²) in [6.07, 6.45) is -0.0827. The van der Waals surface area contributed by atoms with Crippen LogP contribution < -0.4 is 5.32 Å². The summed E-state index contributed by atoms with van der Waals surface area (Å²) in [5, 5.41) is 20.1. The van der Waals surface area contributed by atoms with E-state index in [1.54, 1.807) is 0 Å². The molecule has 0 saturated carbocycles. The Kier molecular flexibility index (Phi) is 4.65. The number of hydrogen-bond acceptors (Lipinski definition) is 6. The summed E-state index contributed by atoms with van der Waals surface area (Å²) in [5.74, 6) is -2.35. The molecule has 0 radical (unpaired) electrons. The number of non-ortho nitro benzene ring substituents is 1. The molecule has 0 saturated heterocycles. The molecule has 1 aromatic heterocycles. The Labute approximate surface area is 144 Å². The lowest BCUT2D eigenvalue weighted by Crippen LogP contribution is -2.14. The summed E-state index contributed by atoms with van der Waals surface area (Å²) in [6, 6.07) is 8.06. The lowest BCUT2D eigenvalue weighted by molar-refractivity contribution is -0.384. The standard InChI is InChI=1S/C16H10F2N4O4/c17-10-3-6-12(13(18)8-10)15-20-21-16(26-15)19-14(23)7-9-1-4-11(5-2-9)22(24)25/h1-6,8H,7H2,(H,19,21,23). The Morgan fingerprint density at radius 3 is 2.54 bits per heavy atom. The van der Waals surface area contributed by atoms with E-state index >= 15 is 0 Å². The van der Waals surface area contributed by atoms with Gasteiger partial charge in [0.2, 0.25) is 5.91 Å². The molecule has 3 aromatic rings. The minimum atomic E-state index is -0.877. The van der Waals surface area contributed by atoms with Gasteiger partial charge in [-0.05, 0) is 17.7 Å². The first-order chi connectivity index (χ1) is 12.4. The van der Waals surface area contributed by atoms with Gasteiger partial charge in [0.25, 0.3) is 11.6 Å². The summed E-state index contributed by atoms with van der Waals surface area (Å²) in [6.45, 7) is 0. The second-order valence-electron chi connectivity index (χ2n) is 5.19. The molecule has 0 aliphatic rings. The van der Waals surface area contributed by atoms with Crippen LogP contribution in [-0.4, -0.2) is 21.0 Å². The molecule has 0 atom stereocenters. The maximum Gasteiger partial charge on any atom is 0.322 e. The minimum absolute atomic E-state index is 0.0827. The Bertz CT molecular complexity index is 973. The van der Waals surface area contributed by atoms with Crippen molar-refractivity contribution >= 4 is 17.6 Å². The van der Waals surface area contributed by atoms with Gasteiger partial charge in [0.1, 0.15) is 11.6 Å². The number of nitro benzene ring substituents is 1. The molecule has 10 heteroatoms. The summed E-state index contributed by atoms with van der Waals surface area (Å²) >= 11 is 0. The second-order valence-corrected chi connectivity index (χ2v) is 5.19. The van der Waals surface area contributed by atoms with Gasteiger partial charge in [-0.2, -0.15) is 0 Å². The van der Waals surface area contributed by atoms with Gasteiger partial charge in [-0.3, -0.25) is 20.2 Å². The zero-order chi connectivity index (χ0) is 18.7. The molecule has 26 heavy (non-hydrogen) atoms. The summed E-state index contributed by atoms with van der Waals surface area (Å²) in [7, 11) is 0. The number of hydrogen-bond donors (Lipinski definition) is 1.